The van der Waals surface area contributed by atoms with Gasteiger partial charge in [-0.25, -0.2) is 14.6 Å². The molecule has 1 atom stereocenters. The highest BCUT2D eigenvalue weighted by Gasteiger charge is 2.22. The van der Waals surface area contributed by atoms with Gasteiger partial charge in [-0.2, -0.15) is 4.39 Å². The van der Waals surface area contributed by atoms with Crippen LogP contribution >= 0.6 is 0 Å². The van der Waals surface area contributed by atoms with Gasteiger partial charge in [-0.15, -0.1) is 0 Å². The Morgan fingerprint density at radius 3 is 2.64 bits per heavy atom. The number of rotatable bonds is 5. The SMILES string of the molecule is CCOC(=O)c1c(F)ncn1C[C@@H](C)NC(=O)OC(C)(C)C. The molecule has 1 heterocycles. The van der Waals surface area contributed by atoms with Crippen molar-refractivity contribution >= 4 is 12.1 Å². The van der Waals surface area contributed by atoms with Crippen LogP contribution in [0.5, 0.6) is 0 Å². The molecule has 0 radical (unpaired) electrons. The maximum absolute atomic E-state index is 13.6. The number of esters is 1. The Bertz CT molecular complexity index is 537. The molecule has 1 rings (SSSR count). The molecular formula is C14H22FN3O4. The van der Waals surface area contributed by atoms with Gasteiger partial charge < -0.3 is 19.4 Å². The van der Waals surface area contributed by atoms with Crippen molar-refractivity contribution in [2.75, 3.05) is 6.61 Å². The van der Waals surface area contributed by atoms with Gasteiger partial charge in [0.25, 0.3) is 0 Å². The lowest BCUT2D eigenvalue weighted by Gasteiger charge is -2.22. The third-order valence-electron chi connectivity index (χ3n) is 2.50. The van der Waals surface area contributed by atoms with E-state index in [4.69, 9.17) is 9.47 Å². The van der Waals surface area contributed by atoms with Gasteiger partial charge in [0.2, 0.25) is 5.95 Å². The first kappa shape index (κ1) is 17.9. The molecule has 1 aromatic rings. The summed E-state index contributed by atoms with van der Waals surface area (Å²) >= 11 is 0. The van der Waals surface area contributed by atoms with Crippen molar-refractivity contribution in [2.45, 2.75) is 52.8 Å². The Labute approximate surface area is 128 Å². The molecular weight excluding hydrogens is 293 g/mol. The summed E-state index contributed by atoms with van der Waals surface area (Å²) in [5.74, 6) is -1.69. The standard InChI is InChI=1S/C14H22FN3O4/c1-6-21-12(19)10-11(15)16-8-18(10)7-9(2)17-13(20)22-14(3,4)5/h8-9H,6-7H2,1-5H3,(H,17,20)/t9-/m1/s1. The number of ether oxygens (including phenoxy) is 2. The zero-order valence-electron chi connectivity index (χ0n) is 13.5. The highest BCUT2D eigenvalue weighted by Crippen LogP contribution is 2.10. The highest BCUT2D eigenvalue weighted by molar-refractivity contribution is 5.87. The third kappa shape index (κ3) is 5.34. The Morgan fingerprint density at radius 1 is 1.45 bits per heavy atom. The molecule has 0 aliphatic carbocycles. The number of aromatic nitrogens is 2. The Hall–Kier alpha value is -2.12. The fraction of sp³-hybridized carbons (Fsp3) is 0.643. The lowest BCUT2D eigenvalue weighted by molar-refractivity contribution is 0.0502. The van der Waals surface area contributed by atoms with Crippen LogP contribution in [0.3, 0.4) is 0 Å². The number of carbonyl (C=O) groups is 2. The summed E-state index contributed by atoms with van der Waals surface area (Å²) in [6, 6.07) is -0.392. The van der Waals surface area contributed by atoms with Gasteiger partial charge in [0.15, 0.2) is 5.69 Å². The van der Waals surface area contributed by atoms with Crippen LogP contribution in [-0.2, 0) is 16.0 Å². The molecule has 124 valence electrons. The number of alkyl carbamates (subject to hydrolysis) is 1. The van der Waals surface area contributed by atoms with Crippen molar-refractivity contribution in [1.82, 2.24) is 14.9 Å². The van der Waals surface area contributed by atoms with Crippen LogP contribution in [0.4, 0.5) is 9.18 Å². The second-order valence-corrected chi connectivity index (χ2v) is 5.80. The van der Waals surface area contributed by atoms with Gasteiger partial charge in [0, 0.05) is 12.6 Å². The van der Waals surface area contributed by atoms with Gasteiger partial charge >= 0.3 is 12.1 Å². The molecule has 0 aromatic carbocycles. The molecule has 7 nitrogen and oxygen atoms in total. The number of halogens is 1. The van der Waals surface area contributed by atoms with E-state index in [1.807, 2.05) is 0 Å². The minimum atomic E-state index is -0.900. The number of nitrogens with one attached hydrogen (secondary N) is 1. The molecule has 0 unspecified atom stereocenters. The number of imidazole rings is 1. The van der Waals surface area contributed by atoms with Crippen molar-refractivity contribution in [3.8, 4) is 0 Å². The van der Waals surface area contributed by atoms with E-state index in [-0.39, 0.29) is 18.8 Å². The zero-order chi connectivity index (χ0) is 16.9. The van der Waals surface area contributed by atoms with Crippen LogP contribution in [0.15, 0.2) is 6.33 Å². The van der Waals surface area contributed by atoms with E-state index in [9.17, 15) is 14.0 Å². The van der Waals surface area contributed by atoms with E-state index in [2.05, 4.69) is 10.3 Å². The summed E-state index contributed by atoms with van der Waals surface area (Å²) in [6.07, 6.45) is 0.604. The van der Waals surface area contributed by atoms with E-state index in [0.29, 0.717) is 0 Å². The average molecular weight is 315 g/mol. The van der Waals surface area contributed by atoms with E-state index in [1.54, 1.807) is 34.6 Å². The van der Waals surface area contributed by atoms with Crippen LogP contribution in [0.25, 0.3) is 0 Å². The maximum Gasteiger partial charge on any atom is 0.407 e. The molecule has 0 spiro atoms. The zero-order valence-corrected chi connectivity index (χ0v) is 13.5. The smallest absolute Gasteiger partial charge is 0.407 e. The predicted octanol–water partition coefficient (Wildman–Crippen LogP) is 2.11. The average Bonchev–Trinajstić information content (AvgIpc) is 2.67. The first-order valence-corrected chi connectivity index (χ1v) is 7.01. The van der Waals surface area contributed by atoms with Gasteiger partial charge in [0.05, 0.1) is 12.9 Å². The minimum absolute atomic E-state index is 0.134. The lowest BCUT2D eigenvalue weighted by atomic mass is 10.2. The van der Waals surface area contributed by atoms with Crippen LogP contribution in [-0.4, -0.2) is 39.9 Å². The fourth-order valence-corrected chi connectivity index (χ4v) is 1.75. The summed E-state index contributed by atoms with van der Waals surface area (Å²) in [6.45, 7) is 8.88. The number of hydrogen-bond donors (Lipinski definition) is 1. The molecule has 1 amide bonds. The molecule has 0 aliphatic heterocycles. The van der Waals surface area contributed by atoms with Crippen LogP contribution in [0.1, 0.15) is 45.1 Å². The van der Waals surface area contributed by atoms with E-state index in [1.165, 1.54) is 10.9 Å². The van der Waals surface area contributed by atoms with Crippen LogP contribution in [0.2, 0.25) is 0 Å². The molecule has 0 bridgehead atoms. The molecule has 0 saturated heterocycles. The van der Waals surface area contributed by atoms with E-state index >= 15 is 0 Å². The first-order chi connectivity index (χ1) is 10.1. The predicted molar refractivity (Wildman–Crippen MR) is 77.0 cm³/mol. The van der Waals surface area contributed by atoms with Crippen molar-refractivity contribution in [3.63, 3.8) is 0 Å². The van der Waals surface area contributed by atoms with Crippen molar-refractivity contribution in [2.24, 2.45) is 0 Å². The number of carbonyl (C=O) groups excluding carboxylic acids is 2. The van der Waals surface area contributed by atoms with Crippen LogP contribution < -0.4 is 5.32 Å². The second kappa shape index (κ2) is 7.24. The quantitative estimate of drug-likeness (QED) is 0.842. The van der Waals surface area contributed by atoms with E-state index < -0.39 is 29.7 Å². The van der Waals surface area contributed by atoms with Gasteiger partial charge in [-0.3, -0.25) is 0 Å². The Morgan fingerprint density at radius 2 is 2.09 bits per heavy atom. The largest absolute Gasteiger partial charge is 0.461 e. The summed E-state index contributed by atoms with van der Waals surface area (Å²) in [7, 11) is 0. The third-order valence-corrected chi connectivity index (χ3v) is 2.50. The monoisotopic (exact) mass is 315 g/mol. The Kier molecular flexibility index (Phi) is 5.90. The fourth-order valence-electron chi connectivity index (χ4n) is 1.75. The van der Waals surface area contributed by atoms with Gasteiger partial charge in [0.1, 0.15) is 5.60 Å². The summed E-state index contributed by atoms with van der Waals surface area (Å²) in [5.41, 5.74) is -0.874. The minimum Gasteiger partial charge on any atom is -0.461 e. The molecule has 1 aromatic heterocycles. The van der Waals surface area contributed by atoms with Crippen molar-refractivity contribution in [1.29, 1.82) is 0 Å². The first-order valence-electron chi connectivity index (χ1n) is 7.01. The molecule has 22 heavy (non-hydrogen) atoms. The highest BCUT2D eigenvalue weighted by atomic mass is 19.1. The normalized spacial score (nSPS) is 12.6. The summed E-state index contributed by atoms with van der Waals surface area (Å²) in [4.78, 5) is 26.8. The molecule has 0 aliphatic rings. The maximum atomic E-state index is 13.6. The number of nitrogens with zero attached hydrogens (tertiary/aromatic N) is 2. The number of hydrogen-bond acceptors (Lipinski definition) is 5. The van der Waals surface area contributed by atoms with E-state index in [0.717, 1.165) is 0 Å². The molecule has 0 fully saturated rings. The lowest BCUT2D eigenvalue weighted by Crippen LogP contribution is -2.39. The van der Waals surface area contributed by atoms with Crippen molar-refractivity contribution in [3.05, 3.63) is 18.0 Å². The van der Waals surface area contributed by atoms with Crippen molar-refractivity contribution < 1.29 is 23.5 Å². The molecule has 0 saturated carbocycles. The van der Waals surface area contributed by atoms with Crippen LogP contribution in [0, 0.1) is 5.95 Å². The summed E-state index contributed by atoms with van der Waals surface area (Å²) < 4.78 is 24.8. The summed E-state index contributed by atoms with van der Waals surface area (Å²) in [5, 5.41) is 2.61. The van der Waals surface area contributed by atoms with Gasteiger partial charge in [-0.05, 0) is 34.6 Å². The topological polar surface area (TPSA) is 82.5 Å². The Balaban J connectivity index is 2.71. The molecule has 8 heteroatoms. The second-order valence-electron chi connectivity index (χ2n) is 5.80. The van der Waals surface area contributed by atoms with Gasteiger partial charge in [-0.1, -0.05) is 0 Å². The number of amides is 1. The molecule has 1 N–H and O–H groups in total.